The summed E-state index contributed by atoms with van der Waals surface area (Å²) in [5.41, 5.74) is 1.97. The quantitative estimate of drug-likeness (QED) is 0.419. The largest absolute Gasteiger partial charge is 0.466 e. The number of hydrogen-bond acceptors (Lipinski definition) is 6. The van der Waals surface area contributed by atoms with E-state index in [2.05, 4.69) is 15.4 Å². The summed E-state index contributed by atoms with van der Waals surface area (Å²) in [6, 6.07) is 13.4. The van der Waals surface area contributed by atoms with Crippen LogP contribution in [0.5, 0.6) is 0 Å². The molecule has 1 saturated carbocycles. The van der Waals surface area contributed by atoms with E-state index in [9.17, 15) is 9.59 Å². The number of likely N-dealkylation sites (tertiary alicyclic amines) is 1. The first-order valence-electron chi connectivity index (χ1n) is 11.3. The lowest BCUT2D eigenvalue weighted by Crippen LogP contribution is -2.32. The standard InChI is InChI=1S/C24H26ClN5O3/c1-3-33-23(31)9-16-17-12-29(13-18(16)17)24(32)19-10-21-27-20(25)11-22(30(21)28-19)26-14(2)15-7-5-4-6-8-15/h4-8,10-11,14,16-18,26H,3,9,12-13H2,1-2H3/t14-,16-,17-,18+/m0/s1. The number of nitrogens with one attached hydrogen (secondary N) is 1. The molecule has 2 fully saturated rings. The molecule has 1 amide bonds. The molecule has 1 aliphatic carbocycles. The Morgan fingerprint density at radius 1 is 1.21 bits per heavy atom. The molecule has 0 radical (unpaired) electrons. The average molecular weight is 468 g/mol. The fourth-order valence-corrected chi connectivity index (χ4v) is 5.08. The van der Waals surface area contributed by atoms with Gasteiger partial charge >= 0.3 is 5.97 Å². The summed E-state index contributed by atoms with van der Waals surface area (Å²) < 4.78 is 6.68. The SMILES string of the molecule is CCOC(=O)C[C@@H]1[C@H]2CN(C(=O)c3cc4nc(Cl)cc(N[C@@H](C)c5ccccc5)n4n3)C[C@@H]12. The average Bonchev–Trinajstić information content (AvgIpc) is 3.15. The van der Waals surface area contributed by atoms with Crippen molar-refractivity contribution in [3.8, 4) is 0 Å². The number of hydrogen-bond donors (Lipinski definition) is 1. The van der Waals surface area contributed by atoms with Crippen molar-refractivity contribution >= 4 is 34.9 Å². The number of esters is 1. The van der Waals surface area contributed by atoms with Gasteiger partial charge in [-0.3, -0.25) is 9.59 Å². The molecule has 3 aromatic rings. The van der Waals surface area contributed by atoms with Crippen LogP contribution in [-0.4, -0.2) is 51.1 Å². The molecule has 172 valence electrons. The van der Waals surface area contributed by atoms with E-state index < -0.39 is 0 Å². The van der Waals surface area contributed by atoms with E-state index in [-0.39, 0.29) is 17.9 Å². The number of aromatic nitrogens is 3. The van der Waals surface area contributed by atoms with E-state index in [0.717, 1.165) is 5.56 Å². The number of ether oxygens (including phenoxy) is 1. The van der Waals surface area contributed by atoms with E-state index in [1.54, 1.807) is 16.6 Å². The normalized spacial score (nSPS) is 22.2. The van der Waals surface area contributed by atoms with Crippen LogP contribution >= 0.6 is 11.6 Å². The molecule has 1 saturated heterocycles. The van der Waals surface area contributed by atoms with E-state index in [1.807, 2.05) is 49.1 Å². The molecule has 9 heteroatoms. The van der Waals surface area contributed by atoms with Crippen molar-refractivity contribution < 1.29 is 14.3 Å². The second kappa shape index (κ2) is 8.67. The van der Waals surface area contributed by atoms with Crippen molar-refractivity contribution in [2.24, 2.45) is 17.8 Å². The first-order valence-corrected chi connectivity index (χ1v) is 11.6. The Morgan fingerprint density at radius 3 is 2.64 bits per heavy atom. The predicted molar refractivity (Wildman–Crippen MR) is 124 cm³/mol. The number of fused-ring (bicyclic) bond motifs is 2. The van der Waals surface area contributed by atoms with Gasteiger partial charge in [0.15, 0.2) is 11.3 Å². The summed E-state index contributed by atoms with van der Waals surface area (Å²) >= 11 is 6.25. The maximum absolute atomic E-state index is 13.1. The molecule has 4 atom stereocenters. The van der Waals surface area contributed by atoms with Gasteiger partial charge in [0.05, 0.1) is 6.61 Å². The third kappa shape index (κ3) is 4.27. The van der Waals surface area contributed by atoms with Gasteiger partial charge in [-0.05, 0) is 37.2 Å². The van der Waals surface area contributed by atoms with Gasteiger partial charge in [0, 0.05) is 37.7 Å². The highest BCUT2D eigenvalue weighted by molar-refractivity contribution is 6.29. The number of halogens is 1. The molecule has 2 aliphatic rings. The number of nitrogens with zero attached hydrogens (tertiary/aromatic N) is 4. The zero-order valence-corrected chi connectivity index (χ0v) is 19.3. The summed E-state index contributed by atoms with van der Waals surface area (Å²) in [7, 11) is 0. The van der Waals surface area contributed by atoms with Crippen molar-refractivity contribution in [3.05, 3.63) is 58.9 Å². The van der Waals surface area contributed by atoms with Crippen molar-refractivity contribution in [3.63, 3.8) is 0 Å². The second-order valence-electron chi connectivity index (χ2n) is 8.75. The molecule has 2 aromatic heterocycles. The fraction of sp³-hybridized carbons (Fsp3) is 0.417. The van der Waals surface area contributed by atoms with Crippen molar-refractivity contribution in [2.75, 3.05) is 25.0 Å². The summed E-state index contributed by atoms with van der Waals surface area (Å²) in [5.74, 6) is 1.45. The smallest absolute Gasteiger partial charge is 0.306 e. The summed E-state index contributed by atoms with van der Waals surface area (Å²) in [6.07, 6.45) is 0.441. The summed E-state index contributed by atoms with van der Waals surface area (Å²) in [4.78, 5) is 31.0. The zero-order valence-electron chi connectivity index (χ0n) is 18.6. The number of amides is 1. The second-order valence-corrected chi connectivity index (χ2v) is 9.14. The zero-order chi connectivity index (χ0) is 23.1. The Bertz CT molecular complexity index is 1190. The van der Waals surface area contributed by atoms with Crippen LogP contribution in [0.25, 0.3) is 5.65 Å². The molecule has 3 heterocycles. The number of carbonyl (C=O) groups is 2. The van der Waals surface area contributed by atoms with Crippen LogP contribution in [0.2, 0.25) is 5.15 Å². The highest BCUT2D eigenvalue weighted by Crippen LogP contribution is 2.53. The van der Waals surface area contributed by atoms with Crippen molar-refractivity contribution in [2.45, 2.75) is 26.3 Å². The van der Waals surface area contributed by atoms with E-state index in [4.69, 9.17) is 16.3 Å². The summed E-state index contributed by atoms with van der Waals surface area (Å²) in [6.45, 7) is 5.55. The van der Waals surface area contributed by atoms with Crippen LogP contribution in [0.15, 0.2) is 42.5 Å². The molecule has 33 heavy (non-hydrogen) atoms. The minimum Gasteiger partial charge on any atom is -0.466 e. The first-order chi connectivity index (χ1) is 15.9. The van der Waals surface area contributed by atoms with E-state index >= 15 is 0 Å². The minimum absolute atomic E-state index is 0.0123. The lowest BCUT2D eigenvalue weighted by atomic mass is 10.1. The van der Waals surface area contributed by atoms with Crippen LogP contribution in [0, 0.1) is 17.8 Å². The van der Waals surface area contributed by atoms with Crippen LogP contribution in [-0.2, 0) is 9.53 Å². The summed E-state index contributed by atoms with van der Waals surface area (Å²) in [5, 5.41) is 8.29. The molecule has 8 nitrogen and oxygen atoms in total. The number of anilines is 1. The first kappa shape index (κ1) is 21.7. The lowest BCUT2D eigenvalue weighted by Gasteiger charge is -2.18. The molecule has 1 aromatic carbocycles. The van der Waals surface area contributed by atoms with Crippen molar-refractivity contribution in [1.29, 1.82) is 0 Å². The fourth-order valence-electron chi connectivity index (χ4n) is 4.89. The maximum Gasteiger partial charge on any atom is 0.306 e. The van der Waals surface area contributed by atoms with E-state index in [0.29, 0.717) is 66.2 Å². The molecule has 1 N–H and O–H groups in total. The Kier molecular flexibility index (Phi) is 5.70. The number of benzene rings is 1. The number of rotatable bonds is 7. The molecule has 5 rings (SSSR count). The minimum atomic E-state index is -0.150. The lowest BCUT2D eigenvalue weighted by molar-refractivity contribution is -0.143. The Hall–Kier alpha value is -3.13. The van der Waals surface area contributed by atoms with Gasteiger partial charge in [0.1, 0.15) is 11.0 Å². The monoisotopic (exact) mass is 467 g/mol. The Balaban J connectivity index is 1.30. The third-order valence-corrected chi connectivity index (χ3v) is 6.84. The molecular formula is C24H26ClN5O3. The number of piperidine rings is 1. The Morgan fingerprint density at radius 2 is 1.94 bits per heavy atom. The van der Waals surface area contributed by atoms with Gasteiger partial charge in [-0.1, -0.05) is 41.9 Å². The third-order valence-electron chi connectivity index (χ3n) is 6.65. The molecule has 0 spiro atoms. The van der Waals surface area contributed by atoms with Gasteiger partial charge in [0.25, 0.3) is 5.91 Å². The van der Waals surface area contributed by atoms with Gasteiger partial charge in [0.2, 0.25) is 0 Å². The predicted octanol–water partition coefficient (Wildman–Crippen LogP) is 3.83. The molecule has 1 aliphatic heterocycles. The number of carbonyl (C=O) groups excluding carboxylic acids is 2. The van der Waals surface area contributed by atoms with Crippen LogP contribution in [0.3, 0.4) is 0 Å². The molecular weight excluding hydrogens is 442 g/mol. The van der Waals surface area contributed by atoms with Crippen molar-refractivity contribution in [1.82, 2.24) is 19.5 Å². The maximum atomic E-state index is 13.1. The topological polar surface area (TPSA) is 88.8 Å². The van der Waals surface area contributed by atoms with Gasteiger partial charge in [-0.15, -0.1) is 0 Å². The highest BCUT2D eigenvalue weighted by Gasteiger charge is 2.57. The van der Waals surface area contributed by atoms with Crippen LogP contribution in [0.1, 0.15) is 42.4 Å². The Labute approximate surface area is 196 Å². The molecule has 0 unspecified atom stereocenters. The van der Waals surface area contributed by atoms with Crippen LogP contribution in [0.4, 0.5) is 5.82 Å². The highest BCUT2D eigenvalue weighted by atomic mass is 35.5. The van der Waals surface area contributed by atoms with Crippen LogP contribution < -0.4 is 5.32 Å². The molecule has 0 bridgehead atoms. The van der Waals surface area contributed by atoms with E-state index in [1.165, 1.54) is 0 Å². The van der Waals surface area contributed by atoms with Gasteiger partial charge in [-0.2, -0.15) is 9.61 Å². The van der Waals surface area contributed by atoms with Gasteiger partial charge < -0.3 is 15.0 Å². The van der Waals surface area contributed by atoms with Gasteiger partial charge in [-0.25, -0.2) is 4.98 Å².